The molecule has 1 atom stereocenters. The van der Waals surface area contributed by atoms with Crippen molar-refractivity contribution < 1.29 is 9.53 Å². The Bertz CT molecular complexity index is 534. The number of hydrogen-bond acceptors (Lipinski definition) is 3. The summed E-state index contributed by atoms with van der Waals surface area (Å²) in [5.41, 5.74) is 2.90. The zero-order valence-corrected chi connectivity index (χ0v) is 11.2. The largest absolute Gasteiger partial charge is 0.462 e. The molecule has 0 radical (unpaired) electrons. The summed E-state index contributed by atoms with van der Waals surface area (Å²) in [6, 6.07) is 11.5. The highest BCUT2D eigenvalue weighted by atomic mass is 16.5. The number of benzene rings is 1. The van der Waals surface area contributed by atoms with Crippen molar-refractivity contribution in [2.24, 2.45) is 0 Å². The van der Waals surface area contributed by atoms with Gasteiger partial charge < -0.3 is 4.74 Å². The molecule has 1 heterocycles. The number of pyridine rings is 1. The van der Waals surface area contributed by atoms with Gasteiger partial charge in [0.05, 0.1) is 12.2 Å². The molecule has 0 bridgehead atoms. The summed E-state index contributed by atoms with van der Waals surface area (Å²) in [6.45, 7) is 4.32. The predicted molar refractivity (Wildman–Crippen MR) is 74.2 cm³/mol. The fourth-order valence-electron chi connectivity index (χ4n) is 1.95. The second-order valence-electron chi connectivity index (χ2n) is 4.35. The molecule has 0 N–H and O–H groups in total. The molecule has 0 saturated carbocycles. The zero-order chi connectivity index (χ0) is 13.7. The minimum atomic E-state index is -0.275. The lowest BCUT2D eigenvalue weighted by Gasteiger charge is -2.12. The van der Waals surface area contributed by atoms with Crippen LogP contribution in [0.3, 0.4) is 0 Å². The summed E-state index contributed by atoms with van der Waals surface area (Å²) < 4.78 is 4.96. The summed E-state index contributed by atoms with van der Waals surface area (Å²) in [5, 5.41) is 0. The van der Waals surface area contributed by atoms with Crippen molar-refractivity contribution in [3.8, 4) is 0 Å². The molecule has 0 fully saturated rings. The highest BCUT2D eigenvalue weighted by Crippen LogP contribution is 2.23. The minimum absolute atomic E-state index is 0.255. The van der Waals surface area contributed by atoms with Crippen molar-refractivity contribution in [3.63, 3.8) is 0 Å². The van der Waals surface area contributed by atoms with E-state index in [2.05, 4.69) is 18.0 Å². The predicted octanol–water partition coefficient (Wildman–Crippen LogP) is 3.41. The summed E-state index contributed by atoms with van der Waals surface area (Å²) >= 11 is 0. The van der Waals surface area contributed by atoms with Gasteiger partial charge in [-0.2, -0.15) is 0 Å². The van der Waals surface area contributed by atoms with E-state index in [9.17, 15) is 4.79 Å². The van der Waals surface area contributed by atoms with E-state index in [-0.39, 0.29) is 11.9 Å². The molecule has 3 heteroatoms. The Balaban J connectivity index is 2.16. The van der Waals surface area contributed by atoms with Crippen LogP contribution in [-0.4, -0.2) is 17.6 Å². The molecule has 0 amide bonds. The Kier molecular flexibility index (Phi) is 4.29. The molecule has 98 valence electrons. The minimum Gasteiger partial charge on any atom is -0.462 e. The molecule has 0 aliphatic rings. The molecule has 0 aliphatic heterocycles. The summed E-state index contributed by atoms with van der Waals surface area (Å²) in [6.07, 6.45) is 3.63. The average molecular weight is 255 g/mol. The topological polar surface area (TPSA) is 39.2 Å². The normalized spacial score (nSPS) is 11.9. The van der Waals surface area contributed by atoms with Crippen LogP contribution in [0.2, 0.25) is 0 Å². The first-order chi connectivity index (χ1) is 9.22. The van der Waals surface area contributed by atoms with Gasteiger partial charge in [0.15, 0.2) is 0 Å². The SMILES string of the molecule is CCOC(=O)c1ccc(C(C)c2cccnc2)cc1. The van der Waals surface area contributed by atoms with E-state index in [4.69, 9.17) is 4.74 Å². The number of ether oxygens (including phenoxy) is 1. The van der Waals surface area contributed by atoms with Gasteiger partial charge >= 0.3 is 5.97 Å². The Hall–Kier alpha value is -2.16. The molecule has 3 nitrogen and oxygen atoms in total. The second kappa shape index (κ2) is 6.14. The lowest BCUT2D eigenvalue weighted by molar-refractivity contribution is 0.0526. The second-order valence-corrected chi connectivity index (χ2v) is 4.35. The molecule has 1 aromatic heterocycles. The van der Waals surface area contributed by atoms with Crippen molar-refractivity contribution in [2.75, 3.05) is 6.61 Å². The van der Waals surface area contributed by atoms with Crippen molar-refractivity contribution in [1.29, 1.82) is 0 Å². The van der Waals surface area contributed by atoms with E-state index >= 15 is 0 Å². The number of carbonyl (C=O) groups excluding carboxylic acids is 1. The van der Waals surface area contributed by atoms with E-state index in [1.807, 2.05) is 24.4 Å². The van der Waals surface area contributed by atoms with Gasteiger partial charge in [-0.1, -0.05) is 25.1 Å². The Morgan fingerprint density at radius 1 is 1.21 bits per heavy atom. The Morgan fingerprint density at radius 2 is 1.95 bits per heavy atom. The number of nitrogens with zero attached hydrogens (tertiary/aromatic N) is 1. The van der Waals surface area contributed by atoms with Crippen molar-refractivity contribution in [2.45, 2.75) is 19.8 Å². The summed E-state index contributed by atoms with van der Waals surface area (Å²) in [5.74, 6) is -0.0203. The van der Waals surface area contributed by atoms with Crippen LogP contribution in [-0.2, 0) is 4.74 Å². The Labute approximate surface area is 113 Å². The third kappa shape index (κ3) is 3.19. The van der Waals surface area contributed by atoms with Crippen LogP contribution in [0.15, 0.2) is 48.8 Å². The third-order valence-electron chi connectivity index (χ3n) is 3.11. The fraction of sp³-hybridized carbons (Fsp3) is 0.250. The number of aromatic nitrogens is 1. The molecule has 1 aromatic carbocycles. The van der Waals surface area contributed by atoms with Crippen molar-refractivity contribution >= 4 is 5.97 Å². The van der Waals surface area contributed by atoms with Gasteiger partial charge in [0.25, 0.3) is 0 Å². The van der Waals surface area contributed by atoms with Gasteiger partial charge in [-0.25, -0.2) is 4.79 Å². The first-order valence-corrected chi connectivity index (χ1v) is 6.39. The summed E-state index contributed by atoms with van der Waals surface area (Å²) in [4.78, 5) is 15.7. The lowest BCUT2D eigenvalue weighted by atomic mass is 9.94. The highest BCUT2D eigenvalue weighted by molar-refractivity contribution is 5.89. The highest BCUT2D eigenvalue weighted by Gasteiger charge is 2.10. The van der Waals surface area contributed by atoms with E-state index in [1.165, 1.54) is 0 Å². The van der Waals surface area contributed by atoms with Gasteiger partial charge in [0.1, 0.15) is 0 Å². The maximum absolute atomic E-state index is 11.6. The van der Waals surface area contributed by atoms with Crippen LogP contribution in [0.4, 0.5) is 0 Å². The number of rotatable bonds is 4. The van der Waals surface area contributed by atoms with E-state index < -0.39 is 0 Å². The van der Waals surface area contributed by atoms with Crippen LogP contribution >= 0.6 is 0 Å². The maximum Gasteiger partial charge on any atom is 0.338 e. The van der Waals surface area contributed by atoms with Gasteiger partial charge in [0, 0.05) is 18.3 Å². The molecule has 0 saturated heterocycles. The first-order valence-electron chi connectivity index (χ1n) is 6.39. The smallest absolute Gasteiger partial charge is 0.338 e. The molecule has 0 spiro atoms. The molecule has 2 aromatic rings. The van der Waals surface area contributed by atoms with Gasteiger partial charge in [0.2, 0.25) is 0 Å². The monoisotopic (exact) mass is 255 g/mol. The lowest BCUT2D eigenvalue weighted by Crippen LogP contribution is -2.05. The van der Waals surface area contributed by atoms with E-state index in [0.29, 0.717) is 12.2 Å². The van der Waals surface area contributed by atoms with E-state index in [0.717, 1.165) is 11.1 Å². The molecule has 0 aliphatic carbocycles. The van der Waals surface area contributed by atoms with Gasteiger partial charge in [-0.3, -0.25) is 4.98 Å². The van der Waals surface area contributed by atoms with Crippen molar-refractivity contribution in [1.82, 2.24) is 4.98 Å². The molecule has 2 rings (SSSR count). The van der Waals surface area contributed by atoms with Crippen LogP contribution in [0.5, 0.6) is 0 Å². The quantitative estimate of drug-likeness (QED) is 0.786. The fourth-order valence-corrected chi connectivity index (χ4v) is 1.95. The Morgan fingerprint density at radius 3 is 2.53 bits per heavy atom. The number of hydrogen-bond donors (Lipinski definition) is 0. The van der Waals surface area contributed by atoms with Gasteiger partial charge in [-0.05, 0) is 36.2 Å². The van der Waals surface area contributed by atoms with Crippen LogP contribution in [0.1, 0.15) is 41.3 Å². The zero-order valence-electron chi connectivity index (χ0n) is 11.2. The van der Waals surface area contributed by atoms with Crippen LogP contribution < -0.4 is 0 Å². The third-order valence-corrected chi connectivity index (χ3v) is 3.11. The van der Waals surface area contributed by atoms with Gasteiger partial charge in [-0.15, -0.1) is 0 Å². The average Bonchev–Trinajstić information content (AvgIpc) is 2.48. The maximum atomic E-state index is 11.6. The molecule has 1 unspecified atom stereocenters. The van der Waals surface area contributed by atoms with Crippen LogP contribution in [0.25, 0.3) is 0 Å². The number of carbonyl (C=O) groups is 1. The summed E-state index contributed by atoms with van der Waals surface area (Å²) in [7, 11) is 0. The standard InChI is InChI=1S/C16H17NO2/c1-3-19-16(18)14-8-6-13(7-9-14)12(2)15-5-4-10-17-11-15/h4-12H,3H2,1-2H3. The van der Waals surface area contributed by atoms with Crippen molar-refractivity contribution in [3.05, 3.63) is 65.5 Å². The first kappa shape index (κ1) is 13.3. The van der Waals surface area contributed by atoms with Crippen LogP contribution in [0, 0.1) is 0 Å². The molecule has 19 heavy (non-hydrogen) atoms. The number of esters is 1. The molecular weight excluding hydrogens is 238 g/mol. The molecular formula is C16H17NO2. The van der Waals surface area contributed by atoms with E-state index in [1.54, 1.807) is 25.3 Å².